The lowest BCUT2D eigenvalue weighted by Gasteiger charge is -2.07. The zero-order valence-corrected chi connectivity index (χ0v) is 9.85. The normalized spacial score (nSPS) is 10.2. The summed E-state index contributed by atoms with van der Waals surface area (Å²) in [6, 6.07) is 8.51. The molecule has 1 aromatic heterocycles. The van der Waals surface area contributed by atoms with Crippen LogP contribution in [0.1, 0.15) is 18.1 Å². The standard InChI is InChI=1S/C13H16N4/c1-2-10-3-5-11(6-4-10)7-16-13-12(14)8-15-9-17-13/h3-6,8-9H,2,7,14H2,1H3,(H,15,16,17). The molecule has 0 aliphatic carbocycles. The van der Waals surface area contributed by atoms with Gasteiger partial charge in [0.25, 0.3) is 0 Å². The topological polar surface area (TPSA) is 63.8 Å². The maximum absolute atomic E-state index is 5.74. The van der Waals surface area contributed by atoms with E-state index in [1.54, 1.807) is 6.20 Å². The molecule has 0 fully saturated rings. The molecule has 0 amide bonds. The van der Waals surface area contributed by atoms with Crippen molar-refractivity contribution in [2.45, 2.75) is 19.9 Å². The monoisotopic (exact) mass is 228 g/mol. The van der Waals surface area contributed by atoms with Gasteiger partial charge in [0.05, 0.1) is 11.9 Å². The van der Waals surface area contributed by atoms with Crippen LogP contribution in [0.5, 0.6) is 0 Å². The Labute approximate surface area is 101 Å². The van der Waals surface area contributed by atoms with Crippen LogP contribution in [0.25, 0.3) is 0 Å². The van der Waals surface area contributed by atoms with E-state index in [0.29, 0.717) is 18.1 Å². The zero-order valence-electron chi connectivity index (χ0n) is 9.85. The minimum Gasteiger partial charge on any atom is -0.394 e. The second-order valence-corrected chi connectivity index (χ2v) is 3.85. The number of nitrogens with one attached hydrogen (secondary N) is 1. The third-order valence-corrected chi connectivity index (χ3v) is 2.63. The average Bonchev–Trinajstić information content (AvgIpc) is 2.38. The third kappa shape index (κ3) is 2.93. The van der Waals surface area contributed by atoms with Crippen LogP contribution in [0.2, 0.25) is 0 Å². The third-order valence-electron chi connectivity index (χ3n) is 2.63. The molecule has 2 aromatic rings. The van der Waals surface area contributed by atoms with E-state index in [-0.39, 0.29) is 0 Å². The second-order valence-electron chi connectivity index (χ2n) is 3.85. The summed E-state index contributed by atoms with van der Waals surface area (Å²) in [5.74, 6) is 0.680. The first-order valence-corrected chi connectivity index (χ1v) is 5.66. The van der Waals surface area contributed by atoms with Gasteiger partial charge in [0.15, 0.2) is 5.82 Å². The molecule has 0 aliphatic heterocycles. The van der Waals surface area contributed by atoms with E-state index in [0.717, 1.165) is 6.42 Å². The first-order valence-electron chi connectivity index (χ1n) is 5.66. The highest BCUT2D eigenvalue weighted by molar-refractivity contribution is 5.59. The Balaban J connectivity index is 2.00. The number of anilines is 2. The van der Waals surface area contributed by atoms with E-state index >= 15 is 0 Å². The highest BCUT2D eigenvalue weighted by Gasteiger charge is 1.99. The summed E-state index contributed by atoms with van der Waals surface area (Å²) in [5.41, 5.74) is 8.86. The van der Waals surface area contributed by atoms with Gasteiger partial charge < -0.3 is 11.1 Å². The lowest BCUT2D eigenvalue weighted by Crippen LogP contribution is -2.04. The van der Waals surface area contributed by atoms with Crippen molar-refractivity contribution in [1.29, 1.82) is 0 Å². The molecular weight excluding hydrogens is 212 g/mol. The van der Waals surface area contributed by atoms with Crippen molar-refractivity contribution in [3.8, 4) is 0 Å². The van der Waals surface area contributed by atoms with Gasteiger partial charge in [-0.2, -0.15) is 0 Å². The minimum absolute atomic E-state index is 0.567. The van der Waals surface area contributed by atoms with Crippen molar-refractivity contribution in [1.82, 2.24) is 9.97 Å². The van der Waals surface area contributed by atoms with E-state index in [1.807, 2.05) is 0 Å². The molecule has 2 rings (SSSR count). The Morgan fingerprint density at radius 2 is 1.88 bits per heavy atom. The van der Waals surface area contributed by atoms with Crippen LogP contribution in [-0.4, -0.2) is 9.97 Å². The van der Waals surface area contributed by atoms with Crippen molar-refractivity contribution in [3.05, 3.63) is 47.9 Å². The maximum atomic E-state index is 5.74. The molecule has 0 spiro atoms. The summed E-state index contributed by atoms with van der Waals surface area (Å²) in [6.07, 6.45) is 4.14. The van der Waals surface area contributed by atoms with Crippen LogP contribution in [0.3, 0.4) is 0 Å². The number of aromatic nitrogens is 2. The van der Waals surface area contributed by atoms with Crippen LogP contribution in [-0.2, 0) is 13.0 Å². The smallest absolute Gasteiger partial charge is 0.152 e. The quantitative estimate of drug-likeness (QED) is 0.842. The number of hydrogen-bond acceptors (Lipinski definition) is 4. The Hall–Kier alpha value is -2.10. The lowest BCUT2D eigenvalue weighted by molar-refractivity contribution is 1.07. The predicted molar refractivity (Wildman–Crippen MR) is 69.6 cm³/mol. The molecule has 0 atom stereocenters. The molecule has 88 valence electrons. The molecule has 0 aliphatic rings. The molecular formula is C13H16N4. The Kier molecular flexibility index (Phi) is 3.55. The number of rotatable bonds is 4. The van der Waals surface area contributed by atoms with Gasteiger partial charge in [-0.1, -0.05) is 31.2 Å². The van der Waals surface area contributed by atoms with Gasteiger partial charge in [-0.05, 0) is 17.5 Å². The minimum atomic E-state index is 0.567. The van der Waals surface area contributed by atoms with E-state index in [1.165, 1.54) is 17.5 Å². The molecule has 4 nitrogen and oxygen atoms in total. The largest absolute Gasteiger partial charge is 0.394 e. The van der Waals surface area contributed by atoms with Crippen molar-refractivity contribution < 1.29 is 0 Å². The van der Waals surface area contributed by atoms with Crippen molar-refractivity contribution in [3.63, 3.8) is 0 Å². The second kappa shape index (κ2) is 5.30. The number of aryl methyl sites for hydroxylation is 1. The van der Waals surface area contributed by atoms with Gasteiger partial charge in [-0.25, -0.2) is 9.97 Å². The summed E-state index contributed by atoms with van der Waals surface area (Å²) < 4.78 is 0. The number of benzene rings is 1. The molecule has 4 heteroatoms. The number of nitrogens with zero attached hydrogens (tertiary/aromatic N) is 2. The van der Waals surface area contributed by atoms with Gasteiger partial charge in [0, 0.05) is 6.54 Å². The molecule has 0 unspecified atom stereocenters. The summed E-state index contributed by atoms with van der Waals surface area (Å²) in [7, 11) is 0. The summed E-state index contributed by atoms with van der Waals surface area (Å²) >= 11 is 0. The summed E-state index contributed by atoms with van der Waals surface area (Å²) in [6.45, 7) is 2.86. The summed E-state index contributed by atoms with van der Waals surface area (Å²) in [4.78, 5) is 7.93. The SMILES string of the molecule is CCc1ccc(CNc2ncncc2N)cc1. The predicted octanol–water partition coefficient (Wildman–Crippen LogP) is 2.23. The van der Waals surface area contributed by atoms with E-state index in [4.69, 9.17) is 5.73 Å². The van der Waals surface area contributed by atoms with E-state index in [9.17, 15) is 0 Å². The average molecular weight is 228 g/mol. The Morgan fingerprint density at radius 1 is 1.18 bits per heavy atom. The highest BCUT2D eigenvalue weighted by atomic mass is 15.0. The highest BCUT2D eigenvalue weighted by Crippen LogP contribution is 2.13. The molecule has 0 saturated heterocycles. The molecule has 17 heavy (non-hydrogen) atoms. The van der Waals surface area contributed by atoms with E-state index < -0.39 is 0 Å². The zero-order chi connectivity index (χ0) is 12.1. The van der Waals surface area contributed by atoms with Crippen molar-refractivity contribution in [2.24, 2.45) is 0 Å². The summed E-state index contributed by atoms with van der Waals surface area (Å²) in [5, 5.41) is 3.19. The first kappa shape index (κ1) is 11.4. The maximum Gasteiger partial charge on any atom is 0.152 e. The van der Waals surface area contributed by atoms with Gasteiger partial charge in [0.2, 0.25) is 0 Å². The first-order chi connectivity index (χ1) is 8.29. The molecule has 0 radical (unpaired) electrons. The van der Waals surface area contributed by atoms with Gasteiger partial charge >= 0.3 is 0 Å². The fourth-order valence-electron chi connectivity index (χ4n) is 1.57. The van der Waals surface area contributed by atoms with Crippen LogP contribution in [0.15, 0.2) is 36.8 Å². The van der Waals surface area contributed by atoms with Gasteiger partial charge in [0.1, 0.15) is 6.33 Å². The van der Waals surface area contributed by atoms with Gasteiger partial charge in [-0.3, -0.25) is 0 Å². The number of nitrogen functional groups attached to an aromatic ring is 1. The Bertz CT molecular complexity index is 479. The van der Waals surface area contributed by atoms with Gasteiger partial charge in [-0.15, -0.1) is 0 Å². The van der Waals surface area contributed by atoms with Crippen LogP contribution in [0.4, 0.5) is 11.5 Å². The fourth-order valence-corrected chi connectivity index (χ4v) is 1.57. The molecule has 0 saturated carbocycles. The molecule has 3 N–H and O–H groups in total. The lowest BCUT2D eigenvalue weighted by atomic mass is 10.1. The van der Waals surface area contributed by atoms with Crippen LogP contribution in [0, 0.1) is 0 Å². The van der Waals surface area contributed by atoms with Crippen molar-refractivity contribution in [2.75, 3.05) is 11.1 Å². The Morgan fingerprint density at radius 3 is 2.53 bits per heavy atom. The number of nitrogens with two attached hydrogens (primary N) is 1. The molecule has 1 aromatic carbocycles. The molecule has 1 heterocycles. The number of hydrogen-bond donors (Lipinski definition) is 2. The fraction of sp³-hybridized carbons (Fsp3) is 0.231. The van der Waals surface area contributed by atoms with E-state index in [2.05, 4.69) is 46.5 Å². The molecule has 0 bridgehead atoms. The van der Waals surface area contributed by atoms with Crippen LogP contribution < -0.4 is 11.1 Å². The van der Waals surface area contributed by atoms with Crippen molar-refractivity contribution >= 4 is 11.5 Å². The van der Waals surface area contributed by atoms with Crippen LogP contribution >= 0.6 is 0 Å².